The topological polar surface area (TPSA) is 56.7 Å². The van der Waals surface area contributed by atoms with Gasteiger partial charge in [-0.1, -0.05) is 41.7 Å². The predicted octanol–water partition coefficient (Wildman–Crippen LogP) is 5.04. The van der Waals surface area contributed by atoms with Crippen LogP contribution in [0.5, 0.6) is 5.75 Å². The van der Waals surface area contributed by atoms with Crippen LogP contribution in [0.3, 0.4) is 0 Å². The van der Waals surface area contributed by atoms with E-state index in [4.69, 9.17) is 9.84 Å². The molecule has 0 fully saturated rings. The summed E-state index contributed by atoms with van der Waals surface area (Å²) < 4.78 is 10.4. The van der Waals surface area contributed by atoms with Crippen LogP contribution in [0.15, 0.2) is 95.3 Å². The number of hydrogen-bond acceptors (Lipinski definition) is 5. The first-order valence-electron chi connectivity index (χ1n) is 10.1. The van der Waals surface area contributed by atoms with Crippen molar-refractivity contribution < 1.29 is 4.74 Å². The Labute approximate surface area is 189 Å². The summed E-state index contributed by atoms with van der Waals surface area (Å²) in [5, 5.41) is 13.7. The highest BCUT2D eigenvalue weighted by Gasteiger charge is 2.11. The molecule has 0 unspecified atom stereocenters. The van der Waals surface area contributed by atoms with Crippen LogP contribution >= 0.6 is 11.3 Å². The standard InChI is InChI=1S/C25H21N5OS/c1-29-22-10-6-7-11-23(22)32-25(29)27-26-16-19-17-30(20-8-4-3-5-9-20)28-24(19)18-12-14-21(31-2)15-13-18/h3-17H,1-2H3/b26-16-,27-25-. The molecule has 0 amide bonds. The molecule has 2 aromatic heterocycles. The normalized spacial score (nSPS) is 12.1. The summed E-state index contributed by atoms with van der Waals surface area (Å²) in [6.07, 6.45) is 3.73. The summed E-state index contributed by atoms with van der Waals surface area (Å²) in [6, 6.07) is 26.1. The molecule has 158 valence electrons. The van der Waals surface area contributed by atoms with E-state index in [0.717, 1.165) is 38.6 Å². The molecule has 0 saturated heterocycles. The molecular formula is C25H21N5OS. The van der Waals surface area contributed by atoms with Crippen LogP contribution in [0.25, 0.3) is 27.2 Å². The second kappa shape index (κ2) is 8.64. The van der Waals surface area contributed by atoms with Crippen molar-refractivity contribution in [2.45, 2.75) is 0 Å². The minimum atomic E-state index is 0.804. The first-order valence-corrected chi connectivity index (χ1v) is 11.0. The molecule has 0 bridgehead atoms. The summed E-state index contributed by atoms with van der Waals surface area (Å²) >= 11 is 1.61. The summed E-state index contributed by atoms with van der Waals surface area (Å²) in [6.45, 7) is 0. The Bertz CT molecular complexity index is 1460. The fourth-order valence-electron chi connectivity index (χ4n) is 3.49. The van der Waals surface area contributed by atoms with Crippen LogP contribution in [0.4, 0.5) is 0 Å². The Morgan fingerprint density at radius 3 is 2.44 bits per heavy atom. The number of rotatable bonds is 5. The van der Waals surface area contributed by atoms with Crippen molar-refractivity contribution in [2.24, 2.45) is 17.3 Å². The number of fused-ring (bicyclic) bond motifs is 1. The molecule has 2 heterocycles. The van der Waals surface area contributed by atoms with Gasteiger partial charge < -0.3 is 9.30 Å². The fraction of sp³-hybridized carbons (Fsp3) is 0.0800. The lowest BCUT2D eigenvalue weighted by Crippen LogP contribution is -2.08. The zero-order valence-electron chi connectivity index (χ0n) is 17.7. The third-order valence-corrected chi connectivity index (χ3v) is 6.28. The molecule has 0 aliphatic carbocycles. The smallest absolute Gasteiger partial charge is 0.211 e. The van der Waals surface area contributed by atoms with Gasteiger partial charge in [0.2, 0.25) is 4.80 Å². The zero-order chi connectivity index (χ0) is 21.9. The van der Waals surface area contributed by atoms with E-state index >= 15 is 0 Å². The van der Waals surface area contributed by atoms with Gasteiger partial charge in [-0.2, -0.15) is 10.2 Å². The molecule has 7 heteroatoms. The Morgan fingerprint density at radius 1 is 0.938 bits per heavy atom. The van der Waals surface area contributed by atoms with Gasteiger partial charge in [-0.05, 0) is 48.5 Å². The van der Waals surface area contributed by atoms with Crippen LogP contribution in [-0.2, 0) is 7.05 Å². The first-order chi connectivity index (χ1) is 15.7. The second-order valence-electron chi connectivity index (χ2n) is 7.20. The Kier molecular flexibility index (Phi) is 5.39. The lowest BCUT2D eigenvalue weighted by Gasteiger charge is -2.02. The average Bonchev–Trinajstić information content (AvgIpc) is 3.41. The zero-order valence-corrected chi connectivity index (χ0v) is 18.5. The molecule has 0 radical (unpaired) electrons. The highest BCUT2D eigenvalue weighted by Crippen LogP contribution is 2.25. The van der Waals surface area contributed by atoms with E-state index in [2.05, 4.69) is 26.9 Å². The van der Waals surface area contributed by atoms with E-state index in [1.165, 1.54) is 4.70 Å². The number of ether oxygens (including phenoxy) is 1. The highest BCUT2D eigenvalue weighted by molar-refractivity contribution is 7.16. The number of thiazole rings is 1. The summed E-state index contributed by atoms with van der Waals surface area (Å²) in [5.41, 5.74) is 4.81. The lowest BCUT2D eigenvalue weighted by atomic mass is 10.1. The van der Waals surface area contributed by atoms with Gasteiger partial charge in [-0.25, -0.2) is 4.68 Å². The van der Waals surface area contributed by atoms with Crippen molar-refractivity contribution in [1.82, 2.24) is 14.3 Å². The second-order valence-corrected chi connectivity index (χ2v) is 8.21. The maximum atomic E-state index is 5.29. The quantitative estimate of drug-likeness (QED) is 0.285. The fourth-order valence-corrected chi connectivity index (χ4v) is 4.46. The number of aryl methyl sites for hydroxylation is 1. The van der Waals surface area contributed by atoms with E-state index in [1.807, 2.05) is 84.7 Å². The summed E-state index contributed by atoms with van der Waals surface area (Å²) in [7, 11) is 3.66. The molecule has 5 aromatic rings. The van der Waals surface area contributed by atoms with E-state index < -0.39 is 0 Å². The molecule has 5 rings (SSSR count). The van der Waals surface area contributed by atoms with Crippen molar-refractivity contribution in [3.8, 4) is 22.7 Å². The van der Waals surface area contributed by atoms with Crippen molar-refractivity contribution in [3.05, 3.63) is 95.4 Å². The molecule has 0 saturated carbocycles. The van der Waals surface area contributed by atoms with Crippen LogP contribution in [-0.4, -0.2) is 27.7 Å². The summed E-state index contributed by atoms with van der Waals surface area (Å²) in [4.78, 5) is 0.837. The van der Waals surface area contributed by atoms with Gasteiger partial charge in [0.1, 0.15) is 11.4 Å². The van der Waals surface area contributed by atoms with Crippen LogP contribution in [0.2, 0.25) is 0 Å². The van der Waals surface area contributed by atoms with Gasteiger partial charge in [0.05, 0.1) is 29.2 Å². The number of nitrogens with zero attached hydrogens (tertiary/aromatic N) is 5. The molecular weight excluding hydrogens is 418 g/mol. The number of methoxy groups -OCH3 is 1. The SMILES string of the molecule is COc1ccc(-c2nn(-c3ccccc3)cc2/C=N\N=c2/sc3ccccc3n2C)cc1. The van der Waals surface area contributed by atoms with Gasteiger partial charge in [-0.3, -0.25) is 0 Å². The van der Waals surface area contributed by atoms with E-state index in [-0.39, 0.29) is 0 Å². The first kappa shape index (κ1) is 20.0. The van der Waals surface area contributed by atoms with E-state index in [0.29, 0.717) is 0 Å². The number of aromatic nitrogens is 3. The van der Waals surface area contributed by atoms with Crippen molar-refractivity contribution in [3.63, 3.8) is 0 Å². The van der Waals surface area contributed by atoms with Gasteiger partial charge >= 0.3 is 0 Å². The highest BCUT2D eigenvalue weighted by atomic mass is 32.1. The van der Waals surface area contributed by atoms with Crippen LogP contribution < -0.4 is 9.54 Å². The molecule has 32 heavy (non-hydrogen) atoms. The van der Waals surface area contributed by atoms with Crippen molar-refractivity contribution >= 4 is 27.8 Å². The lowest BCUT2D eigenvalue weighted by molar-refractivity contribution is 0.415. The monoisotopic (exact) mass is 439 g/mol. The average molecular weight is 440 g/mol. The number of benzene rings is 3. The molecule has 3 aromatic carbocycles. The van der Waals surface area contributed by atoms with Crippen molar-refractivity contribution in [2.75, 3.05) is 7.11 Å². The van der Waals surface area contributed by atoms with Gasteiger partial charge in [0, 0.05) is 24.4 Å². The molecule has 6 nitrogen and oxygen atoms in total. The van der Waals surface area contributed by atoms with E-state index in [1.54, 1.807) is 24.7 Å². The predicted molar refractivity (Wildman–Crippen MR) is 130 cm³/mol. The summed E-state index contributed by atoms with van der Waals surface area (Å²) in [5.74, 6) is 0.804. The Hall–Kier alpha value is -3.97. The van der Waals surface area contributed by atoms with Crippen LogP contribution in [0, 0.1) is 0 Å². The van der Waals surface area contributed by atoms with Crippen LogP contribution in [0.1, 0.15) is 5.56 Å². The van der Waals surface area contributed by atoms with Crippen molar-refractivity contribution in [1.29, 1.82) is 0 Å². The third kappa shape index (κ3) is 3.86. The largest absolute Gasteiger partial charge is 0.497 e. The minimum absolute atomic E-state index is 0.804. The molecule has 0 spiro atoms. The molecule has 0 aliphatic rings. The molecule has 0 atom stereocenters. The van der Waals surface area contributed by atoms with Gasteiger partial charge in [-0.15, -0.1) is 5.10 Å². The maximum absolute atomic E-state index is 5.29. The Morgan fingerprint density at radius 2 is 1.69 bits per heavy atom. The van der Waals surface area contributed by atoms with E-state index in [9.17, 15) is 0 Å². The minimum Gasteiger partial charge on any atom is -0.497 e. The maximum Gasteiger partial charge on any atom is 0.211 e. The van der Waals surface area contributed by atoms with Gasteiger partial charge in [0.25, 0.3) is 0 Å². The number of hydrogen-bond donors (Lipinski definition) is 0. The van der Waals surface area contributed by atoms with Gasteiger partial charge in [0.15, 0.2) is 0 Å². The third-order valence-electron chi connectivity index (χ3n) is 5.18. The molecule has 0 N–H and O–H groups in total. The Balaban J connectivity index is 1.56. The number of para-hydroxylation sites is 2. The molecule has 0 aliphatic heterocycles.